The lowest BCUT2D eigenvalue weighted by molar-refractivity contribution is 0.0955. The van der Waals surface area contributed by atoms with E-state index in [0.717, 1.165) is 34.5 Å². The molecule has 6 heteroatoms. The van der Waals surface area contributed by atoms with Crippen LogP contribution in [0.15, 0.2) is 60.1 Å². The summed E-state index contributed by atoms with van der Waals surface area (Å²) in [5, 5.41) is 11.6. The summed E-state index contributed by atoms with van der Waals surface area (Å²) in [6, 6.07) is 16.2. The summed E-state index contributed by atoms with van der Waals surface area (Å²) >= 11 is 1.43. The Morgan fingerprint density at radius 2 is 2.00 bits per heavy atom. The molecular formula is C23H23N3O2S. The van der Waals surface area contributed by atoms with Gasteiger partial charge in [-0.2, -0.15) is 5.10 Å². The number of amides is 1. The van der Waals surface area contributed by atoms with Crippen LogP contribution in [0.4, 0.5) is 0 Å². The van der Waals surface area contributed by atoms with Crippen molar-refractivity contribution in [3.05, 3.63) is 81.8 Å². The molecule has 0 aliphatic heterocycles. The molecule has 0 atom stereocenters. The Kier molecular flexibility index (Phi) is 5.62. The number of carbonyl (C=O) groups is 1. The Morgan fingerprint density at radius 3 is 2.79 bits per heavy atom. The molecule has 2 heterocycles. The molecule has 0 saturated carbocycles. The number of benzene rings is 2. The monoisotopic (exact) mass is 405 g/mol. The summed E-state index contributed by atoms with van der Waals surface area (Å²) in [5.41, 5.74) is 3.11. The Bertz CT molecular complexity index is 1150. The molecule has 29 heavy (non-hydrogen) atoms. The fraction of sp³-hybridized carbons (Fsp3) is 0.217. The standard InChI is InChI=1S/C23H23N3O2S/c1-3-26-16(2)20(13-25-26)12-24-23(27)22-10-17(15-29-22)14-28-21-9-8-18-6-4-5-7-19(18)11-21/h4-11,13,15H,3,12,14H2,1-2H3,(H,24,27). The van der Waals surface area contributed by atoms with Gasteiger partial charge < -0.3 is 10.1 Å². The van der Waals surface area contributed by atoms with Gasteiger partial charge >= 0.3 is 0 Å². The van der Waals surface area contributed by atoms with Crippen molar-refractivity contribution < 1.29 is 9.53 Å². The Labute approximate surface area is 173 Å². The molecule has 0 radical (unpaired) electrons. The van der Waals surface area contributed by atoms with Gasteiger partial charge in [-0.3, -0.25) is 9.48 Å². The van der Waals surface area contributed by atoms with Crippen LogP contribution in [-0.4, -0.2) is 15.7 Å². The number of rotatable bonds is 7. The van der Waals surface area contributed by atoms with Gasteiger partial charge in [0.05, 0.1) is 11.1 Å². The van der Waals surface area contributed by atoms with E-state index in [2.05, 4.69) is 35.5 Å². The van der Waals surface area contributed by atoms with E-state index in [9.17, 15) is 4.79 Å². The molecule has 2 aromatic heterocycles. The number of fused-ring (bicyclic) bond motifs is 1. The van der Waals surface area contributed by atoms with Gasteiger partial charge in [0.15, 0.2) is 0 Å². The van der Waals surface area contributed by atoms with E-state index in [1.165, 1.54) is 16.7 Å². The molecule has 2 aromatic carbocycles. The lowest BCUT2D eigenvalue weighted by atomic mass is 10.1. The molecule has 5 nitrogen and oxygen atoms in total. The van der Waals surface area contributed by atoms with Gasteiger partial charge in [-0.25, -0.2) is 0 Å². The number of carbonyl (C=O) groups excluding carboxylic acids is 1. The van der Waals surface area contributed by atoms with Crippen LogP contribution in [0.5, 0.6) is 5.75 Å². The minimum absolute atomic E-state index is 0.0735. The quantitative estimate of drug-likeness (QED) is 0.474. The predicted molar refractivity (Wildman–Crippen MR) is 116 cm³/mol. The first kappa shape index (κ1) is 19.2. The molecule has 1 N–H and O–H groups in total. The fourth-order valence-electron chi connectivity index (χ4n) is 3.23. The maximum Gasteiger partial charge on any atom is 0.261 e. The first-order valence-corrected chi connectivity index (χ1v) is 10.5. The molecule has 0 spiro atoms. The predicted octanol–water partition coefficient (Wildman–Crippen LogP) is 4.94. The maximum atomic E-state index is 12.5. The van der Waals surface area contributed by atoms with E-state index >= 15 is 0 Å². The Balaban J connectivity index is 1.34. The lowest BCUT2D eigenvalue weighted by Gasteiger charge is -2.06. The minimum atomic E-state index is -0.0735. The van der Waals surface area contributed by atoms with Crippen molar-refractivity contribution in [3.8, 4) is 5.75 Å². The fourth-order valence-corrected chi connectivity index (χ4v) is 4.05. The van der Waals surface area contributed by atoms with Gasteiger partial charge in [0, 0.05) is 29.9 Å². The van der Waals surface area contributed by atoms with Crippen LogP contribution >= 0.6 is 11.3 Å². The van der Waals surface area contributed by atoms with Crippen LogP contribution in [-0.2, 0) is 19.7 Å². The molecule has 0 aliphatic carbocycles. The van der Waals surface area contributed by atoms with Crippen LogP contribution in [0.25, 0.3) is 10.8 Å². The van der Waals surface area contributed by atoms with Gasteiger partial charge in [-0.1, -0.05) is 30.3 Å². The highest BCUT2D eigenvalue weighted by atomic mass is 32.1. The first-order valence-electron chi connectivity index (χ1n) is 9.62. The maximum absolute atomic E-state index is 12.5. The largest absolute Gasteiger partial charge is 0.489 e. The van der Waals surface area contributed by atoms with E-state index in [-0.39, 0.29) is 5.91 Å². The number of hydrogen-bond donors (Lipinski definition) is 1. The van der Waals surface area contributed by atoms with Crippen molar-refractivity contribution in [3.63, 3.8) is 0 Å². The van der Waals surface area contributed by atoms with E-state index in [4.69, 9.17) is 4.74 Å². The molecule has 4 rings (SSSR count). The zero-order valence-electron chi connectivity index (χ0n) is 16.5. The molecule has 148 valence electrons. The minimum Gasteiger partial charge on any atom is -0.489 e. The van der Waals surface area contributed by atoms with Gasteiger partial charge in [0.2, 0.25) is 0 Å². The van der Waals surface area contributed by atoms with Crippen LogP contribution in [0.1, 0.15) is 33.4 Å². The van der Waals surface area contributed by atoms with Gasteiger partial charge in [0.25, 0.3) is 5.91 Å². The lowest BCUT2D eigenvalue weighted by Crippen LogP contribution is -2.22. The number of thiophene rings is 1. The Morgan fingerprint density at radius 1 is 1.17 bits per heavy atom. The zero-order chi connectivity index (χ0) is 20.2. The number of hydrogen-bond acceptors (Lipinski definition) is 4. The van der Waals surface area contributed by atoms with E-state index in [1.807, 2.05) is 53.5 Å². The molecule has 0 unspecified atom stereocenters. The average Bonchev–Trinajstić information content (AvgIpc) is 3.37. The first-order chi connectivity index (χ1) is 14.1. The third-order valence-electron chi connectivity index (χ3n) is 4.95. The van der Waals surface area contributed by atoms with Crippen LogP contribution in [0.3, 0.4) is 0 Å². The molecule has 0 saturated heterocycles. The summed E-state index contributed by atoms with van der Waals surface area (Å²) in [4.78, 5) is 13.2. The number of ether oxygens (including phenoxy) is 1. The highest BCUT2D eigenvalue weighted by Gasteiger charge is 2.11. The average molecular weight is 406 g/mol. The second-order valence-corrected chi connectivity index (χ2v) is 7.78. The van der Waals surface area contributed by atoms with Gasteiger partial charge in [0.1, 0.15) is 12.4 Å². The van der Waals surface area contributed by atoms with E-state index < -0.39 is 0 Å². The van der Waals surface area contributed by atoms with Crippen molar-refractivity contribution >= 4 is 28.0 Å². The van der Waals surface area contributed by atoms with Crippen molar-refractivity contribution in [2.24, 2.45) is 0 Å². The molecule has 1 amide bonds. The van der Waals surface area contributed by atoms with Crippen molar-refractivity contribution in [1.82, 2.24) is 15.1 Å². The zero-order valence-corrected chi connectivity index (χ0v) is 17.3. The Hall–Kier alpha value is -3.12. The SMILES string of the molecule is CCn1ncc(CNC(=O)c2cc(COc3ccc4ccccc4c3)cs2)c1C. The highest BCUT2D eigenvalue weighted by molar-refractivity contribution is 7.12. The summed E-state index contributed by atoms with van der Waals surface area (Å²) in [7, 11) is 0. The molecule has 0 bridgehead atoms. The second kappa shape index (κ2) is 8.49. The third-order valence-corrected chi connectivity index (χ3v) is 5.93. The summed E-state index contributed by atoms with van der Waals surface area (Å²) in [6.07, 6.45) is 1.82. The van der Waals surface area contributed by atoms with Crippen molar-refractivity contribution in [2.45, 2.75) is 33.5 Å². The topological polar surface area (TPSA) is 56.2 Å². The molecule has 0 aliphatic rings. The van der Waals surface area contributed by atoms with Gasteiger partial charge in [-0.15, -0.1) is 11.3 Å². The van der Waals surface area contributed by atoms with E-state index in [0.29, 0.717) is 18.0 Å². The van der Waals surface area contributed by atoms with Crippen molar-refractivity contribution in [2.75, 3.05) is 0 Å². The van der Waals surface area contributed by atoms with Crippen molar-refractivity contribution in [1.29, 1.82) is 0 Å². The highest BCUT2D eigenvalue weighted by Crippen LogP contribution is 2.22. The summed E-state index contributed by atoms with van der Waals surface area (Å²) in [5.74, 6) is 0.750. The summed E-state index contributed by atoms with van der Waals surface area (Å²) < 4.78 is 7.84. The third kappa shape index (κ3) is 4.32. The number of nitrogens with one attached hydrogen (secondary N) is 1. The summed E-state index contributed by atoms with van der Waals surface area (Å²) in [6.45, 7) is 5.81. The molecule has 0 fully saturated rings. The van der Waals surface area contributed by atoms with E-state index in [1.54, 1.807) is 0 Å². The normalized spacial score (nSPS) is 11.0. The number of nitrogens with zero attached hydrogens (tertiary/aromatic N) is 2. The van der Waals surface area contributed by atoms with Crippen LogP contribution in [0, 0.1) is 6.92 Å². The smallest absolute Gasteiger partial charge is 0.261 e. The second-order valence-electron chi connectivity index (χ2n) is 6.87. The number of aryl methyl sites for hydroxylation is 1. The van der Waals surface area contributed by atoms with Crippen LogP contribution < -0.4 is 10.1 Å². The van der Waals surface area contributed by atoms with Crippen LogP contribution in [0.2, 0.25) is 0 Å². The molecule has 4 aromatic rings. The van der Waals surface area contributed by atoms with Gasteiger partial charge in [-0.05, 0) is 48.2 Å². The number of aromatic nitrogens is 2. The molecular weight excluding hydrogens is 382 g/mol.